The van der Waals surface area contributed by atoms with E-state index in [1.54, 1.807) is 6.07 Å². The van der Waals surface area contributed by atoms with Crippen molar-refractivity contribution in [1.29, 1.82) is 0 Å². The highest BCUT2D eigenvalue weighted by Gasteiger charge is 2.30. The molecule has 1 saturated heterocycles. The van der Waals surface area contributed by atoms with E-state index in [-0.39, 0.29) is 17.7 Å². The van der Waals surface area contributed by atoms with Crippen LogP contribution < -0.4 is 5.32 Å². The van der Waals surface area contributed by atoms with Crippen LogP contribution in [0, 0.1) is 5.82 Å². The zero-order chi connectivity index (χ0) is 14.8. The van der Waals surface area contributed by atoms with Crippen LogP contribution in [0.2, 0.25) is 5.02 Å². The van der Waals surface area contributed by atoms with Crippen molar-refractivity contribution in [3.8, 4) is 0 Å². The molecule has 1 heterocycles. The van der Waals surface area contributed by atoms with Gasteiger partial charge in [0, 0.05) is 22.0 Å². The molecule has 2 unspecified atom stereocenters. The molecule has 2 aromatic rings. The van der Waals surface area contributed by atoms with Crippen molar-refractivity contribution in [1.82, 2.24) is 5.32 Å². The van der Waals surface area contributed by atoms with Gasteiger partial charge in [0.25, 0.3) is 0 Å². The van der Waals surface area contributed by atoms with E-state index in [1.165, 1.54) is 11.6 Å². The van der Waals surface area contributed by atoms with Crippen molar-refractivity contribution in [2.45, 2.75) is 18.3 Å². The Morgan fingerprint density at radius 3 is 2.67 bits per heavy atom. The molecule has 1 fully saturated rings. The van der Waals surface area contributed by atoms with Gasteiger partial charge in [0.1, 0.15) is 5.82 Å². The van der Waals surface area contributed by atoms with Gasteiger partial charge in [0.05, 0.1) is 0 Å². The monoisotopic (exact) mass is 367 g/mol. The lowest BCUT2D eigenvalue weighted by molar-refractivity contribution is 0.393. The van der Waals surface area contributed by atoms with Gasteiger partial charge in [0.15, 0.2) is 0 Å². The minimum Gasteiger partial charge on any atom is -0.316 e. The molecule has 4 heteroatoms. The van der Waals surface area contributed by atoms with Crippen molar-refractivity contribution in [3.63, 3.8) is 0 Å². The lowest BCUT2D eigenvalue weighted by Gasteiger charge is -2.33. The fourth-order valence-corrected chi connectivity index (χ4v) is 4.11. The molecule has 0 amide bonds. The van der Waals surface area contributed by atoms with Crippen LogP contribution in [-0.4, -0.2) is 13.1 Å². The minimum atomic E-state index is -0.124. The van der Waals surface area contributed by atoms with E-state index in [0.29, 0.717) is 5.02 Å². The maximum atomic E-state index is 14.2. The van der Waals surface area contributed by atoms with E-state index < -0.39 is 0 Å². The van der Waals surface area contributed by atoms with Crippen LogP contribution in [0.5, 0.6) is 0 Å². The predicted molar refractivity (Wildman–Crippen MR) is 88.5 cm³/mol. The van der Waals surface area contributed by atoms with E-state index in [0.717, 1.165) is 29.5 Å². The summed E-state index contributed by atoms with van der Waals surface area (Å²) in [6, 6.07) is 12.9. The van der Waals surface area contributed by atoms with Gasteiger partial charge in [-0.15, -0.1) is 0 Å². The number of rotatable bonds is 2. The zero-order valence-electron chi connectivity index (χ0n) is 11.5. The van der Waals surface area contributed by atoms with Gasteiger partial charge in [-0.25, -0.2) is 4.39 Å². The molecular formula is C17H16BrClFN. The van der Waals surface area contributed by atoms with E-state index in [2.05, 4.69) is 27.3 Å². The van der Waals surface area contributed by atoms with Crippen LogP contribution in [0.4, 0.5) is 4.39 Å². The van der Waals surface area contributed by atoms with Gasteiger partial charge in [-0.1, -0.05) is 51.8 Å². The Morgan fingerprint density at radius 1 is 1.10 bits per heavy atom. The molecule has 0 saturated carbocycles. The second kappa shape index (κ2) is 6.47. The number of benzene rings is 2. The smallest absolute Gasteiger partial charge is 0.126 e. The van der Waals surface area contributed by atoms with Crippen LogP contribution in [0.15, 0.2) is 46.9 Å². The summed E-state index contributed by atoms with van der Waals surface area (Å²) in [5, 5.41) is 4.09. The van der Waals surface area contributed by atoms with Gasteiger partial charge < -0.3 is 5.32 Å². The van der Waals surface area contributed by atoms with E-state index in [9.17, 15) is 4.39 Å². The quantitative estimate of drug-likeness (QED) is 0.777. The minimum absolute atomic E-state index is 0.124. The number of hydrogen-bond acceptors (Lipinski definition) is 1. The number of halogens is 3. The van der Waals surface area contributed by atoms with Gasteiger partial charge in [-0.05, 0) is 48.2 Å². The van der Waals surface area contributed by atoms with Gasteiger partial charge in [-0.3, -0.25) is 0 Å². The topological polar surface area (TPSA) is 12.0 Å². The lowest BCUT2D eigenvalue weighted by atomic mass is 9.77. The van der Waals surface area contributed by atoms with Crippen molar-refractivity contribution >= 4 is 27.5 Å². The highest BCUT2D eigenvalue weighted by Crippen LogP contribution is 2.41. The molecule has 0 aliphatic carbocycles. The van der Waals surface area contributed by atoms with E-state index >= 15 is 0 Å². The molecular weight excluding hydrogens is 353 g/mol. The number of piperidine rings is 1. The summed E-state index contributed by atoms with van der Waals surface area (Å²) in [6.07, 6.45) is 0.985. The Balaban J connectivity index is 2.00. The Morgan fingerprint density at radius 2 is 1.90 bits per heavy atom. The van der Waals surface area contributed by atoms with Crippen LogP contribution >= 0.6 is 27.5 Å². The molecule has 0 radical (unpaired) electrons. The fraction of sp³-hybridized carbons (Fsp3) is 0.294. The summed E-state index contributed by atoms with van der Waals surface area (Å²) in [4.78, 5) is 0. The average molecular weight is 369 g/mol. The highest BCUT2D eigenvalue weighted by molar-refractivity contribution is 9.10. The second-order valence-electron chi connectivity index (χ2n) is 5.39. The normalized spacial score (nSPS) is 22.2. The molecule has 1 nitrogen and oxygen atoms in total. The highest BCUT2D eigenvalue weighted by atomic mass is 79.9. The van der Waals surface area contributed by atoms with Crippen LogP contribution in [0.3, 0.4) is 0 Å². The van der Waals surface area contributed by atoms with E-state index in [1.807, 2.05) is 24.3 Å². The van der Waals surface area contributed by atoms with Crippen molar-refractivity contribution in [3.05, 3.63) is 68.9 Å². The third kappa shape index (κ3) is 3.15. The van der Waals surface area contributed by atoms with Crippen LogP contribution in [0.1, 0.15) is 29.4 Å². The third-order valence-corrected chi connectivity index (χ3v) is 5.07. The zero-order valence-corrected chi connectivity index (χ0v) is 13.8. The van der Waals surface area contributed by atoms with Crippen LogP contribution in [0.25, 0.3) is 0 Å². The second-order valence-corrected chi connectivity index (χ2v) is 6.68. The molecule has 0 spiro atoms. The molecule has 1 aliphatic heterocycles. The van der Waals surface area contributed by atoms with Crippen molar-refractivity contribution in [2.24, 2.45) is 0 Å². The van der Waals surface area contributed by atoms with Gasteiger partial charge in [0.2, 0.25) is 0 Å². The van der Waals surface area contributed by atoms with Crippen LogP contribution in [-0.2, 0) is 0 Å². The molecule has 110 valence electrons. The third-order valence-electron chi connectivity index (χ3n) is 4.15. The first-order valence-electron chi connectivity index (χ1n) is 7.07. The van der Waals surface area contributed by atoms with Gasteiger partial charge >= 0.3 is 0 Å². The maximum Gasteiger partial charge on any atom is 0.126 e. The number of nitrogens with one attached hydrogen (secondary N) is 1. The summed E-state index contributed by atoms with van der Waals surface area (Å²) in [5.74, 6) is 0.300. The summed E-state index contributed by atoms with van der Waals surface area (Å²) < 4.78 is 15.2. The molecule has 2 atom stereocenters. The first kappa shape index (κ1) is 15.0. The van der Waals surface area contributed by atoms with Crippen molar-refractivity contribution in [2.75, 3.05) is 13.1 Å². The van der Waals surface area contributed by atoms with Gasteiger partial charge in [-0.2, -0.15) is 0 Å². The molecule has 1 aliphatic rings. The molecule has 0 aromatic heterocycles. The largest absolute Gasteiger partial charge is 0.316 e. The molecule has 3 rings (SSSR count). The molecule has 2 aromatic carbocycles. The Bertz CT molecular complexity index is 646. The first-order chi connectivity index (χ1) is 10.2. The molecule has 21 heavy (non-hydrogen) atoms. The number of hydrogen-bond donors (Lipinski definition) is 1. The SMILES string of the molecule is Fc1ccccc1C1CNCCC1c1ccc(Cl)cc1Br. The average Bonchev–Trinajstić information content (AvgIpc) is 2.48. The summed E-state index contributed by atoms with van der Waals surface area (Å²) in [6.45, 7) is 1.74. The standard InChI is InChI=1S/C17H16BrClFN/c18-16-9-11(19)5-6-13(16)12-7-8-21-10-15(12)14-3-1-2-4-17(14)20/h1-6,9,12,15,21H,7-8,10H2. The Hall–Kier alpha value is -0.900. The Labute approximate surface area is 137 Å². The summed E-state index contributed by atoms with van der Waals surface area (Å²) in [5.41, 5.74) is 1.99. The summed E-state index contributed by atoms with van der Waals surface area (Å²) >= 11 is 9.63. The maximum absolute atomic E-state index is 14.2. The Kier molecular flexibility index (Phi) is 4.63. The predicted octanol–water partition coefficient (Wildman–Crippen LogP) is 5.10. The molecule has 1 N–H and O–H groups in total. The molecule has 0 bridgehead atoms. The fourth-order valence-electron chi connectivity index (χ4n) is 3.14. The lowest BCUT2D eigenvalue weighted by Crippen LogP contribution is -2.34. The van der Waals surface area contributed by atoms with E-state index in [4.69, 9.17) is 11.6 Å². The van der Waals surface area contributed by atoms with Crippen molar-refractivity contribution < 1.29 is 4.39 Å². The summed E-state index contributed by atoms with van der Waals surface area (Å²) in [7, 11) is 0. The first-order valence-corrected chi connectivity index (χ1v) is 8.24.